The molecule has 0 unspecified atom stereocenters. The zero-order valence-electron chi connectivity index (χ0n) is 10.3. The van der Waals surface area contributed by atoms with Crippen molar-refractivity contribution in [2.45, 2.75) is 13.0 Å². The van der Waals surface area contributed by atoms with Crippen molar-refractivity contribution >= 4 is 22.9 Å². The predicted octanol–water partition coefficient (Wildman–Crippen LogP) is 3.74. The maximum absolute atomic E-state index is 6.18. The minimum Gasteiger partial charge on any atom is -0.491 e. The molecule has 1 aromatic carbocycles. The Morgan fingerprint density at radius 2 is 2.22 bits per heavy atom. The second kappa shape index (κ2) is 6.78. The van der Waals surface area contributed by atoms with Crippen LogP contribution in [0.4, 0.5) is 0 Å². The highest BCUT2D eigenvalue weighted by Crippen LogP contribution is 2.28. The van der Waals surface area contributed by atoms with Crippen molar-refractivity contribution < 1.29 is 4.74 Å². The Morgan fingerprint density at radius 1 is 1.33 bits per heavy atom. The SMILES string of the molecule is CNCc1cccc(Cl)c1OCCc1ccsc1. The van der Waals surface area contributed by atoms with Gasteiger partial charge in [-0.2, -0.15) is 11.3 Å². The van der Waals surface area contributed by atoms with Gasteiger partial charge in [-0.15, -0.1) is 0 Å². The Kier molecular flexibility index (Phi) is 5.05. The molecule has 0 bridgehead atoms. The lowest BCUT2D eigenvalue weighted by Gasteiger charge is -2.12. The summed E-state index contributed by atoms with van der Waals surface area (Å²) in [7, 11) is 1.91. The quantitative estimate of drug-likeness (QED) is 0.871. The first kappa shape index (κ1) is 13.4. The first-order chi connectivity index (χ1) is 8.81. The molecule has 0 saturated carbocycles. The lowest BCUT2D eigenvalue weighted by molar-refractivity contribution is 0.318. The van der Waals surface area contributed by atoms with Gasteiger partial charge in [0.2, 0.25) is 0 Å². The molecule has 0 aliphatic rings. The van der Waals surface area contributed by atoms with Crippen LogP contribution >= 0.6 is 22.9 Å². The fourth-order valence-corrected chi connectivity index (χ4v) is 2.70. The van der Waals surface area contributed by atoms with Crippen LogP contribution in [0.1, 0.15) is 11.1 Å². The van der Waals surface area contributed by atoms with Gasteiger partial charge in [-0.25, -0.2) is 0 Å². The van der Waals surface area contributed by atoms with Crippen LogP contribution < -0.4 is 10.1 Å². The highest BCUT2D eigenvalue weighted by molar-refractivity contribution is 7.07. The average molecular weight is 282 g/mol. The van der Waals surface area contributed by atoms with Crippen molar-refractivity contribution in [2.75, 3.05) is 13.7 Å². The molecule has 0 aliphatic carbocycles. The van der Waals surface area contributed by atoms with Crippen molar-refractivity contribution in [3.63, 3.8) is 0 Å². The van der Waals surface area contributed by atoms with E-state index in [1.54, 1.807) is 11.3 Å². The van der Waals surface area contributed by atoms with Crippen molar-refractivity contribution in [2.24, 2.45) is 0 Å². The van der Waals surface area contributed by atoms with E-state index in [1.165, 1.54) is 5.56 Å². The normalized spacial score (nSPS) is 10.6. The summed E-state index contributed by atoms with van der Waals surface area (Å²) in [4.78, 5) is 0. The third-order valence-electron chi connectivity index (χ3n) is 2.63. The molecule has 1 aromatic heterocycles. The summed E-state index contributed by atoms with van der Waals surface area (Å²) in [5.41, 5.74) is 2.40. The smallest absolute Gasteiger partial charge is 0.142 e. The van der Waals surface area contributed by atoms with Gasteiger partial charge in [-0.3, -0.25) is 0 Å². The summed E-state index contributed by atoms with van der Waals surface area (Å²) in [6, 6.07) is 7.96. The van der Waals surface area contributed by atoms with Crippen LogP contribution in [0.3, 0.4) is 0 Å². The Morgan fingerprint density at radius 3 is 2.94 bits per heavy atom. The molecule has 0 radical (unpaired) electrons. The minimum atomic E-state index is 0.650. The van der Waals surface area contributed by atoms with Crippen molar-refractivity contribution in [1.29, 1.82) is 0 Å². The molecule has 0 fully saturated rings. The molecule has 0 amide bonds. The van der Waals surface area contributed by atoms with Crippen molar-refractivity contribution in [3.05, 3.63) is 51.2 Å². The van der Waals surface area contributed by atoms with Crippen LogP contribution in [0.5, 0.6) is 5.75 Å². The zero-order valence-corrected chi connectivity index (χ0v) is 11.9. The topological polar surface area (TPSA) is 21.3 Å². The Bertz CT molecular complexity index is 485. The predicted molar refractivity (Wildman–Crippen MR) is 77.7 cm³/mol. The highest BCUT2D eigenvalue weighted by Gasteiger charge is 2.07. The second-order valence-electron chi connectivity index (χ2n) is 3.99. The van der Waals surface area contributed by atoms with E-state index >= 15 is 0 Å². The van der Waals surface area contributed by atoms with Gasteiger partial charge in [0.15, 0.2) is 0 Å². The summed E-state index contributed by atoms with van der Waals surface area (Å²) >= 11 is 7.88. The van der Waals surface area contributed by atoms with E-state index in [0.29, 0.717) is 11.6 Å². The zero-order chi connectivity index (χ0) is 12.8. The number of benzene rings is 1. The summed E-state index contributed by atoms with van der Waals surface area (Å²) in [5.74, 6) is 0.795. The number of nitrogens with one attached hydrogen (secondary N) is 1. The summed E-state index contributed by atoms with van der Waals surface area (Å²) < 4.78 is 5.83. The van der Waals surface area contributed by atoms with Crippen LogP contribution in [0.25, 0.3) is 0 Å². The van der Waals surface area contributed by atoms with Gasteiger partial charge in [0, 0.05) is 18.5 Å². The average Bonchev–Trinajstić information content (AvgIpc) is 2.86. The number of hydrogen-bond acceptors (Lipinski definition) is 3. The van der Waals surface area contributed by atoms with Crippen molar-refractivity contribution in [3.8, 4) is 5.75 Å². The van der Waals surface area contributed by atoms with Crippen LogP contribution in [-0.4, -0.2) is 13.7 Å². The molecule has 0 spiro atoms. The van der Waals surface area contributed by atoms with E-state index < -0.39 is 0 Å². The highest BCUT2D eigenvalue weighted by atomic mass is 35.5. The van der Waals surface area contributed by atoms with Gasteiger partial charge in [-0.1, -0.05) is 23.7 Å². The number of rotatable bonds is 6. The van der Waals surface area contributed by atoms with Crippen LogP contribution in [0.2, 0.25) is 5.02 Å². The van der Waals surface area contributed by atoms with Gasteiger partial charge in [0.05, 0.1) is 11.6 Å². The van der Waals surface area contributed by atoms with Crippen LogP contribution in [0.15, 0.2) is 35.0 Å². The molecule has 0 saturated heterocycles. The molecule has 0 atom stereocenters. The largest absolute Gasteiger partial charge is 0.491 e. The summed E-state index contributed by atoms with van der Waals surface area (Å²) in [6.07, 6.45) is 0.910. The minimum absolute atomic E-state index is 0.650. The second-order valence-corrected chi connectivity index (χ2v) is 5.18. The Labute approximate surface area is 117 Å². The molecule has 18 heavy (non-hydrogen) atoms. The van der Waals surface area contributed by atoms with E-state index in [9.17, 15) is 0 Å². The van der Waals surface area contributed by atoms with Crippen molar-refractivity contribution in [1.82, 2.24) is 5.32 Å². The first-order valence-electron chi connectivity index (χ1n) is 5.87. The van der Waals surface area contributed by atoms with E-state index in [-0.39, 0.29) is 0 Å². The molecule has 0 aliphatic heterocycles. The fourth-order valence-electron chi connectivity index (χ4n) is 1.75. The molecule has 2 nitrogen and oxygen atoms in total. The maximum atomic E-state index is 6.18. The molecule has 1 heterocycles. The van der Waals surface area contributed by atoms with Gasteiger partial charge < -0.3 is 10.1 Å². The molecule has 2 rings (SSSR count). The molecule has 4 heteroatoms. The summed E-state index contributed by atoms with van der Waals surface area (Å²) in [6.45, 7) is 1.41. The lowest BCUT2D eigenvalue weighted by atomic mass is 10.2. The summed E-state index contributed by atoms with van der Waals surface area (Å²) in [5, 5.41) is 8.02. The van der Waals surface area contributed by atoms with Crippen LogP contribution in [-0.2, 0) is 13.0 Å². The van der Waals surface area contributed by atoms with E-state index in [4.69, 9.17) is 16.3 Å². The van der Waals surface area contributed by atoms with Crippen LogP contribution in [0, 0.1) is 0 Å². The number of thiophene rings is 1. The number of ether oxygens (including phenoxy) is 1. The Balaban J connectivity index is 1.99. The number of para-hydroxylation sites is 1. The third-order valence-corrected chi connectivity index (χ3v) is 3.66. The van der Waals surface area contributed by atoms with Gasteiger partial charge in [0.1, 0.15) is 5.75 Å². The standard InChI is InChI=1S/C14H16ClNOS/c1-16-9-12-3-2-4-13(15)14(12)17-7-5-11-6-8-18-10-11/h2-4,6,8,10,16H,5,7,9H2,1H3. The lowest BCUT2D eigenvalue weighted by Crippen LogP contribution is -2.09. The molecule has 96 valence electrons. The fraction of sp³-hybridized carbons (Fsp3) is 0.286. The van der Waals surface area contributed by atoms with E-state index in [0.717, 1.165) is 24.3 Å². The monoisotopic (exact) mass is 281 g/mol. The molecular formula is C14H16ClNOS. The maximum Gasteiger partial charge on any atom is 0.142 e. The van der Waals surface area contributed by atoms with Gasteiger partial charge in [0.25, 0.3) is 0 Å². The number of halogens is 1. The Hall–Kier alpha value is -1.03. The van der Waals surface area contributed by atoms with E-state index in [2.05, 4.69) is 22.1 Å². The molecule has 2 aromatic rings. The number of hydrogen-bond donors (Lipinski definition) is 1. The van der Waals surface area contributed by atoms with E-state index in [1.807, 2.05) is 25.2 Å². The molecular weight excluding hydrogens is 266 g/mol. The molecule has 1 N–H and O–H groups in total. The van der Waals surface area contributed by atoms with Gasteiger partial charge in [-0.05, 0) is 35.5 Å². The van der Waals surface area contributed by atoms with Gasteiger partial charge >= 0.3 is 0 Å². The first-order valence-corrected chi connectivity index (χ1v) is 7.19. The third kappa shape index (κ3) is 3.48.